The normalized spacial score (nSPS) is 11.8. The molecule has 3 rings (SSSR count). The van der Waals surface area contributed by atoms with Crippen molar-refractivity contribution in [2.75, 3.05) is 5.32 Å². The maximum atomic E-state index is 12.3. The zero-order valence-corrected chi connectivity index (χ0v) is 18.9. The number of halogens is 1. The van der Waals surface area contributed by atoms with Crippen molar-refractivity contribution in [2.24, 2.45) is 0 Å². The van der Waals surface area contributed by atoms with Crippen molar-refractivity contribution in [1.82, 2.24) is 9.97 Å². The van der Waals surface area contributed by atoms with Crippen LogP contribution in [0.15, 0.2) is 52.4 Å². The van der Waals surface area contributed by atoms with Crippen LogP contribution < -0.4 is 5.32 Å². The van der Waals surface area contributed by atoms with E-state index in [1.807, 2.05) is 30.5 Å². The number of benzene rings is 1. The molecule has 2 heterocycles. The van der Waals surface area contributed by atoms with Crippen LogP contribution in [-0.4, -0.2) is 26.8 Å². The van der Waals surface area contributed by atoms with Crippen LogP contribution in [0.2, 0.25) is 0 Å². The lowest BCUT2D eigenvalue weighted by molar-refractivity contribution is -0.140. The largest absolute Gasteiger partial charge is 0.481 e. The number of carbonyl (C=O) groups is 2. The predicted octanol–water partition coefficient (Wildman–Crippen LogP) is 5.37. The summed E-state index contributed by atoms with van der Waals surface area (Å²) in [7, 11) is 0. The molecule has 0 spiro atoms. The van der Waals surface area contributed by atoms with E-state index in [2.05, 4.69) is 43.3 Å². The fraction of sp³-hybridized carbons (Fsp3) is 0.273. The SMILES string of the molecule is CCC(C(=O)CC(=O)O)c1cc(Nc2nc(CCc3ccccc3)cs2)ncc1Br. The first-order valence-corrected chi connectivity index (χ1v) is 11.3. The number of hydrogen-bond donors (Lipinski definition) is 2. The van der Waals surface area contributed by atoms with Crippen LogP contribution in [0, 0.1) is 0 Å². The lowest BCUT2D eigenvalue weighted by Crippen LogP contribution is -2.16. The molecule has 0 radical (unpaired) electrons. The van der Waals surface area contributed by atoms with E-state index in [9.17, 15) is 9.59 Å². The van der Waals surface area contributed by atoms with Gasteiger partial charge in [-0.15, -0.1) is 11.3 Å². The molecule has 1 unspecified atom stereocenters. The molecule has 0 fully saturated rings. The minimum atomic E-state index is -1.12. The Morgan fingerprint density at radius 2 is 2.00 bits per heavy atom. The van der Waals surface area contributed by atoms with Gasteiger partial charge < -0.3 is 10.4 Å². The van der Waals surface area contributed by atoms with Gasteiger partial charge in [0.15, 0.2) is 10.9 Å². The number of nitrogens with zero attached hydrogens (tertiary/aromatic N) is 2. The number of rotatable bonds is 10. The average molecular weight is 488 g/mol. The van der Waals surface area contributed by atoms with Crippen LogP contribution in [0.4, 0.5) is 10.9 Å². The van der Waals surface area contributed by atoms with Gasteiger partial charge in [-0.05, 0) is 52.4 Å². The lowest BCUT2D eigenvalue weighted by atomic mass is 9.91. The Morgan fingerprint density at radius 3 is 2.70 bits per heavy atom. The summed E-state index contributed by atoms with van der Waals surface area (Å²) in [5.74, 6) is -1.37. The van der Waals surface area contributed by atoms with E-state index in [4.69, 9.17) is 5.11 Å². The number of carbonyl (C=O) groups excluding carboxylic acids is 1. The van der Waals surface area contributed by atoms with Crippen molar-refractivity contribution >= 4 is 50.0 Å². The van der Waals surface area contributed by atoms with Gasteiger partial charge in [0.05, 0.1) is 5.69 Å². The van der Waals surface area contributed by atoms with Gasteiger partial charge in [0, 0.05) is 22.0 Å². The van der Waals surface area contributed by atoms with Gasteiger partial charge >= 0.3 is 5.97 Å². The number of nitrogens with one attached hydrogen (secondary N) is 1. The highest BCUT2D eigenvalue weighted by molar-refractivity contribution is 9.10. The monoisotopic (exact) mass is 487 g/mol. The van der Waals surface area contributed by atoms with Gasteiger partial charge in [0.2, 0.25) is 0 Å². The number of pyridine rings is 1. The quantitative estimate of drug-likeness (QED) is 0.373. The van der Waals surface area contributed by atoms with Crippen molar-refractivity contribution in [3.8, 4) is 0 Å². The van der Waals surface area contributed by atoms with Crippen molar-refractivity contribution in [2.45, 2.75) is 38.5 Å². The zero-order valence-electron chi connectivity index (χ0n) is 16.5. The highest BCUT2D eigenvalue weighted by Crippen LogP contribution is 2.31. The predicted molar refractivity (Wildman–Crippen MR) is 121 cm³/mol. The minimum absolute atomic E-state index is 0.319. The minimum Gasteiger partial charge on any atom is -0.481 e. The molecule has 1 atom stereocenters. The summed E-state index contributed by atoms with van der Waals surface area (Å²) >= 11 is 4.94. The Kier molecular flexibility index (Phi) is 7.70. The second kappa shape index (κ2) is 10.4. The Bertz CT molecular complexity index is 1020. The zero-order chi connectivity index (χ0) is 21.5. The molecule has 0 aliphatic carbocycles. The van der Waals surface area contributed by atoms with E-state index in [0.29, 0.717) is 16.7 Å². The van der Waals surface area contributed by atoms with E-state index >= 15 is 0 Å². The number of ketones is 1. The van der Waals surface area contributed by atoms with Crippen LogP contribution in [0.25, 0.3) is 0 Å². The van der Waals surface area contributed by atoms with E-state index < -0.39 is 18.3 Å². The summed E-state index contributed by atoms with van der Waals surface area (Å²) in [5, 5.41) is 14.9. The van der Waals surface area contributed by atoms with Crippen LogP contribution in [-0.2, 0) is 22.4 Å². The molecule has 3 aromatic rings. The molecule has 2 aromatic heterocycles. The summed E-state index contributed by atoms with van der Waals surface area (Å²) in [5.41, 5.74) is 3.00. The number of aliphatic carboxylic acids is 1. The number of carboxylic acids is 1. The summed E-state index contributed by atoms with van der Waals surface area (Å²) < 4.78 is 0.682. The fourth-order valence-electron chi connectivity index (χ4n) is 3.19. The number of thiazole rings is 1. The standard InChI is InChI=1S/C22H22BrN3O3S/c1-2-16(19(27)11-21(28)29)17-10-20(24-12-18(17)23)26-22-25-15(13-30-22)9-8-14-6-4-3-5-7-14/h3-7,10,12-13,16H,2,8-9,11H2,1H3,(H,28,29)(H,24,25,26). The Hall–Kier alpha value is -2.58. The number of aryl methyl sites for hydroxylation is 2. The first-order valence-electron chi connectivity index (χ1n) is 9.61. The van der Waals surface area contributed by atoms with Crippen molar-refractivity contribution in [3.63, 3.8) is 0 Å². The Labute approximate surface area is 187 Å². The van der Waals surface area contributed by atoms with E-state index in [0.717, 1.165) is 29.2 Å². The average Bonchev–Trinajstić information content (AvgIpc) is 3.17. The Morgan fingerprint density at radius 1 is 1.23 bits per heavy atom. The molecule has 0 saturated heterocycles. The molecule has 0 aliphatic heterocycles. The maximum absolute atomic E-state index is 12.3. The molecule has 6 nitrogen and oxygen atoms in total. The lowest BCUT2D eigenvalue weighted by Gasteiger charge is -2.16. The summed E-state index contributed by atoms with van der Waals surface area (Å²) in [4.78, 5) is 32.3. The third-order valence-electron chi connectivity index (χ3n) is 4.68. The van der Waals surface area contributed by atoms with Gasteiger partial charge in [0.1, 0.15) is 12.2 Å². The van der Waals surface area contributed by atoms with E-state index in [1.54, 1.807) is 12.3 Å². The molecule has 0 amide bonds. The van der Waals surface area contributed by atoms with Gasteiger partial charge in [-0.1, -0.05) is 37.3 Å². The Balaban J connectivity index is 1.70. The third-order valence-corrected chi connectivity index (χ3v) is 6.15. The molecule has 0 aliphatic rings. The van der Waals surface area contributed by atoms with E-state index in [-0.39, 0.29) is 5.78 Å². The third kappa shape index (κ3) is 5.96. The first-order chi connectivity index (χ1) is 14.5. The van der Waals surface area contributed by atoms with Crippen LogP contribution in [0.3, 0.4) is 0 Å². The van der Waals surface area contributed by atoms with Gasteiger partial charge in [-0.3, -0.25) is 9.59 Å². The van der Waals surface area contributed by atoms with Crippen molar-refractivity contribution in [3.05, 3.63) is 69.3 Å². The molecule has 1 aromatic carbocycles. The molecular formula is C22H22BrN3O3S. The number of anilines is 2. The summed E-state index contributed by atoms with van der Waals surface area (Å²) in [6.45, 7) is 1.87. The second-order valence-electron chi connectivity index (χ2n) is 6.84. The molecule has 8 heteroatoms. The van der Waals surface area contributed by atoms with Gasteiger partial charge in [-0.2, -0.15) is 0 Å². The highest BCUT2D eigenvalue weighted by atomic mass is 79.9. The molecular weight excluding hydrogens is 466 g/mol. The molecule has 30 heavy (non-hydrogen) atoms. The molecule has 156 valence electrons. The molecule has 0 bridgehead atoms. The van der Waals surface area contributed by atoms with E-state index in [1.165, 1.54) is 16.9 Å². The number of carboxylic acid groups (broad SMARTS) is 1. The number of hydrogen-bond acceptors (Lipinski definition) is 6. The second-order valence-corrected chi connectivity index (χ2v) is 8.56. The van der Waals surface area contributed by atoms with Crippen LogP contribution >= 0.6 is 27.3 Å². The molecule has 2 N–H and O–H groups in total. The summed E-state index contributed by atoms with van der Waals surface area (Å²) in [6.07, 6.45) is 3.41. The fourth-order valence-corrected chi connectivity index (χ4v) is 4.43. The smallest absolute Gasteiger partial charge is 0.310 e. The van der Waals surface area contributed by atoms with Crippen LogP contribution in [0.5, 0.6) is 0 Å². The topological polar surface area (TPSA) is 92.2 Å². The molecule has 0 saturated carbocycles. The summed E-state index contributed by atoms with van der Waals surface area (Å²) in [6, 6.07) is 12.1. The van der Waals surface area contributed by atoms with Crippen molar-refractivity contribution in [1.29, 1.82) is 0 Å². The maximum Gasteiger partial charge on any atom is 0.310 e. The van der Waals surface area contributed by atoms with Gasteiger partial charge in [0.25, 0.3) is 0 Å². The van der Waals surface area contributed by atoms with Crippen LogP contribution in [0.1, 0.15) is 42.5 Å². The number of aromatic nitrogens is 2. The highest BCUT2D eigenvalue weighted by Gasteiger charge is 2.23. The van der Waals surface area contributed by atoms with Crippen molar-refractivity contribution < 1.29 is 14.7 Å². The first kappa shape index (κ1) is 22.1. The number of Topliss-reactive ketones (excluding diaryl/α,β-unsaturated/α-hetero) is 1. The van der Waals surface area contributed by atoms with Gasteiger partial charge in [-0.25, -0.2) is 9.97 Å².